The minimum Gasteiger partial charge on any atom is -0.370 e. The summed E-state index contributed by atoms with van der Waals surface area (Å²) in [5.41, 5.74) is 1.15. The fourth-order valence-corrected chi connectivity index (χ4v) is 2.12. The normalized spacial score (nSPS) is 14.0. The zero-order chi connectivity index (χ0) is 14.5. The van der Waals surface area contributed by atoms with E-state index in [2.05, 4.69) is 38.6 Å². The maximum Gasteiger partial charge on any atom is 0.136 e. The van der Waals surface area contributed by atoms with Crippen LogP contribution in [0.15, 0.2) is 30.6 Å². The van der Waals surface area contributed by atoms with Crippen LogP contribution in [0.3, 0.4) is 0 Å². The minimum absolute atomic E-state index is 0.548. The van der Waals surface area contributed by atoms with Crippen LogP contribution in [0.4, 0.5) is 11.6 Å². The van der Waals surface area contributed by atoms with E-state index in [-0.39, 0.29) is 0 Å². The quantitative estimate of drug-likeness (QED) is 0.817. The van der Waals surface area contributed by atoms with Gasteiger partial charge in [-0.05, 0) is 30.9 Å². The van der Waals surface area contributed by atoms with E-state index in [9.17, 15) is 0 Å². The molecule has 2 aromatic rings. The lowest BCUT2D eigenvalue weighted by molar-refractivity contribution is 0.904. The first kappa shape index (κ1) is 13.8. The molecule has 5 heteroatoms. The van der Waals surface area contributed by atoms with Crippen LogP contribution in [0.25, 0.3) is 0 Å². The molecule has 2 heterocycles. The maximum atomic E-state index is 4.64. The zero-order valence-electron chi connectivity index (χ0n) is 12.3. The first-order chi connectivity index (χ1) is 10.3. The number of anilines is 2. The molecule has 0 unspecified atom stereocenters. The van der Waals surface area contributed by atoms with Gasteiger partial charge in [0.15, 0.2) is 0 Å². The number of pyridine rings is 1. The van der Waals surface area contributed by atoms with Crippen LogP contribution in [0.2, 0.25) is 0 Å². The van der Waals surface area contributed by atoms with E-state index >= 15 is 0 Å². The molecule has 0 radical (unpaired) electrons. The molecular weight excluding hydrogens is 262 g/mol. The Kier molecular flexibility index (Phi) is 4.28. The molecule has 0 spiro atoms. The highest BCUT2D eigenvalue weighted by atomic mass is 15.1. The van der Waals surface area contributed by atoms with Crippen molar-refractivity contribution in [3.63, 3.8) is 0 Å². The third kappa shape index (κ3) is 3.90. The maximum absolute atomic E-state index is 4.64. The molecule has 2 aromatic heterocycles. The molecule has 3 rings (SSSR count). The molecule has 0 aromatic carbocycles. The number of nitrogens with one attached hydrogen (secondary N) is 2. The molecule has 0 bridgehead atoms. The summed E-state index contributed by atoms with van der Waals surface area (Å²) in [5, 5.41) is 6.72. The van der Waals surface area contributed by atoms with E-state index in [0.717, 1.165) is 42.5 Å². The second-order valence-electron chi connectivity index (χ2n) is 5.41. The van der Waals surface area contributed by atoms with Gasteiger partial charge in [-0.3, -0.25) is 4.98 Å². The average molecular weight is 283 g/mol. The van der Waals surface area contributed by atoms with E-state index in [0.29, 0.717) is 5.92 Å². The molecule has 1 aliphatic carbocycles. The van der Waals surface area contributed by atoms with E-state index < -0.39 is 0 Å². The van der Waals surface area contributed by atoms with Crippen LogP contribution >= 0.6 is 0 Å². The van der Waals surface area contributed by atoms with Gasteiger partial charge in [-0.2, -0.15) is 0 Å². The van der Waals surface area contributed by atoms with Crippen molar-refractivity contribution < 1.29 is 0 Å². The largest absolute Gasteiger partial charge is 0.370 e. The second-order valence-corrected chi connectivity index (χ2v) is 5.41. The van der Waals surface area contributed by atoms with Crippen molar-refractivity contribution in [1.82, 2.24) is 15.0 Å². The summed E-state index contributed by atoms with van der Waals surface area (Å²) in [4.78, 5) is 13.4. The highest BCUT2D eigenvalue weighted by molar-refractivity contribution is 5.48. The van der Waals surface area contributed by atoms with Gasteiger partial charge >= 0.3 is 0 Å². The van der Waals surface area contributed by atoms with Gasteiger partial charge in [0, 0.05) is 37.5 Å². The molecule has 2 N–H and O–H groups in total. The van der Waals surface area contributed by atoms with Gasteiger partial charge in [0.05, 0.1) is 0 Å². The Labute approximate surface area is 125 Å². The number of nitrogens with zero attached hydrogens (tertiary/aromatic N) is 3. The van der Waals surface area contributed by atoms with Crippen molar-refractivity contribution in [3.05, 3.63) is 42.0 Å². The SMILES string of the molecule is CCCNc1cc(NCc2cccnc2)nc(C2CC2)n1. The highest BCUT2D eigenvalue weighted by Crippen LogP contribution is 2.38. The molecule has 1 fully saturated rings. The van der Waals surface area contributed by atoms with Gasteiger partial charge < -0.3 is 10.6 Å². The fraction of sp³-hybridized carbons (Fsp3) is 0.438. The molecular formula is C16H21N5. The smallest absolute Gasteiger partial charge is 0.136 e. The summed E-state index contributed by atoms with van der Waals surface area (Å²) < 4.78 is 0. The summed E-state index contributed by atoms with van der Waals surface area (Å²) in [5.74, 6) is 3.31. The molecule has 5 nitrogen and oxygen atoms in total. The van der Waals surface area contributed by atoms with Gasteiger partial charge in [0.2, 0.25) is 0 Å². The second kappa shape index (κ2) is 6.52. The lowest BCUT2D eigenvalue weighted by Gasteiger charge is -2.11. The van der Waals surface area contributed by atoms with Crippen molar-refractivity contribution in [2.45, 2.75) is 38.6 Å². The Morgan fingerprint density at radius 2 is 2.00 bits per heavy atom. The van der Waals surface area contributed by atoms with Gasteiger partial charge in [-0.25, -0.2) is 9.97 Å². The Morgan fingerprint density at radius 3 is 2.67 bits per heavy atom. The van der Waals surface area contributed by atoms with E-state index in [1.807, 2.05) is 18.3 Å². The van der Waals surface area contributed by atoms with Crippen LogP contribution in [0, 0.1) is 0 Å². The Bertz CT molecular complexity index is 580. The van der Waals surface area contributed by atoms with Crippen LogP contribution < -0.4 is 10.6 Å². The van der Waals surface area contributed by atoms with Crippen LogP contribution in [0.5, 0.6) is 0 Å². The predicted octanol–water partition coefficient (Wildman–Crippen LogP) is 3.18. The molecule has 21 heavy (non-hydrogen) atoms. The molecule has 0 saturated heterocycles. The Morgan fingerprint density at radius 1 is 1.19 bits per heavy atom. The average Bonchev–Trinajstić information content (AvgIpc) is 3.37. The van der Waals surface area contributed by atoms with Crippen LogP contribution in [-0.4, -0.2) is 21.5 Å². The molecule has 0 aliphatic heterocycles. The van der Waals surface area contributed by atoms with E-state index in [1.165, 1.54) is 12.8 Å². The van der Waals surface area contributed by atoms with Crippen LogP contribution in [0.1, 0.15) is 43.5 Å². The standard InChI is InChI=1S/C16H21N5/c1-2-7-18-14-9-15(21-16(20-14)13-5-6-13)19-11-12-4-3-8-17-10-12/h3-4,8-10,13H,2,5-7,11H2,1H3,(H2,18,19,20,21). The van der Waals surface area contributed by atoms with Crippen molar-refractivity contribution in [2.24, 2.45) is 0 Å². The number of rotatable bonds is 7. The number of hydrogen-bond acceptors (Lipinski definition) is 5. The highest BCUT2D eigenvalue weighted by Gasteiger charge is 2.27. The van der Waals surface area contributed by atoms with E-state index in [4.69, 9.17) is 0 Å². The van der Waals surface area contributed by atoms with Crippen molar-refractivity contribution in [1.29, 1.82) is 0 Å². The van der Waals surface area contributed by atoms with Crippen molar-refractivity contribution in [2.75, 3.05) is 17.2 Å². The fourth-order valence-electron chi connectivity index (χ4n) is 2.12. The lowest BCUT2D eigenvalue weighted by Crippen LogP contribution is -2.08. The summed E-state index contributed by atoms with van der Waals surface area (Å²) in [6.07, 6.45) is 7.15. The number of aromatic nitrogens is 3. The summed E-state index contributed by atoms with van der Waals surface area (Å²) in [6, 6.07) is 5.98. The van der Waals surface area contributed by atoms with E-state index in [1.54, 1.807) is 6.20 Å². The third-order valence-corrected chi connectivity index (χ3v) is 3.44. The molecule has 0 amide bonds. The molecule has 1 saturated carbocycles. The van der Waals surface area contributed by atoms with Gasteiger partial charge in [0.25, 0.3) is 0 Å². The summed E-state index contributed by atoms with van der Waals surface area (Å²) in [7, 11) is 0. The predicted molar refractivity (Wildman–Crippen MR) is 84.4 cm³/mol. The first-order valence-corrected chi connectivity index (χ1v) is 7.61. The minimum atomic E-state index is 0.548. The van der Waals surface area contributed by atoms with Crippen LogP contribution in [-0.2, 0) is 6.54 Å². The van der Waals surface area contributed by atoms with Crippen molar-refractivity contribution in [3.8, 4) is 0 Å². The van der Waals surface area contributed by atoms with Gasteiger partial charge in [-0.15, -0.1) is 0 Å². The Balaban J connectivity index is 1.72. The molecule has 1 aliphatic rings. The summed E-state index contributed by atoms with van der Waals surface area (Å²) >= 11 is 0. The molecule has 0 atom stereocenters. The Hall–Kier alpha value is -2.17. The zero-order valence-corrected chi connectivity index (χ0v) is 12.3. The third-order valence-electron chi connectivity index (χ3n) is 3.44. The van der Waals surface area contributed by atoms with Crippen molar-refractivity contribution >= 4 is 11.6 Å². The van der Waals surface area contributed by atoms with Gasteiger partial charge in [-0.1, -0.05) is 13.0 Å². The lowest BCUT2D eigenvalue weighted by atomic mass is 10.3. The topological polar surface area (TPSA) is 62.7 Å². The number of hydrogen-bond donors (Lipinski definition) is 2. The summed E-state index contributed by atoms with van der Waals surface area (Å²) in [6.45, 7) is 3.81. The molecule has 110 valence electrons. The first-order valence-electron chi connectivity index (χ1n) is 7.61. The monoisotopic (exact) mass is 283 g/mol. The van der Waals surface area contributed by atoms with Gasteiger partial charge in [0.1, 0.15) is 17.5 Å².